The second-order valence-electron chi connectivity index (χ2n) is 5.60. The Morgan fingerprint density at radius 2 is 2.25 bits per heavy atom. The largest absolute Gasteiger partial charge is 0.496 e. The van der Waals surface area contributed by atoms with Gasteiger partial charge in [0, 0.05) is 31.7 Å². The smallest absolute Gasteiger partial charge is 0.237 e. The van der Waals surface area contributed by atoms with Crippen LogP contribution in [-0.4, -0.2) is 56.0 Å². The van der Waals surface area contributed by atoms with E-state index in [9.17, 15) is 9.59 Å². The molecule has 1 atom stereocenters. The summed E-state index contributed by atoms with van der Waals surface area (Å²) in [5.41, 5.74) is 0.988. The summed E-state index contributed by atoms with van der Waals surface area (Å²) in [7, 11) is 1.64. The highest BCUT2D eigenvalue weighted by Crippen LogP contribution is 2.19. The molecule has 1 aliphatic rings. The number of hydrogen-bond donors (Lipinski definition) is 2. The second-order valence-corrected chi connectivity index (χ2v) is 5.60. The number of ether oxygens (including phenoxy) is 1. The number of methoxy groups -OCH3 is 1. The van der Waals surface area contributed by atoms with Gasteiger partial charge in [0.25, 0.3) is 0 Å². The van der Waals surface area contributed by atoms with Crippen LogP contribution in [0.1, 0.15) is 18.9 Å². The maximum absolute atomic E-state index is 12.1. The second kappa shape index (κ2) is 9.08. The fourth-order valence-corrected chi connectivity index (χ4v) is 2.77. The van der Waals surface area contributed by atoms with Gasteiger partial charge >= 0.3 is 0 Å². The average Bonchev–Trinajstić information content (AvgIpc) is 2.58. The van der Waals surface area contributed by atoms with Crippen molar-refractivity contribution in [1.29, 1.82) is 0 Å². The molecule has 1 aliphatic heterocycles. The number of hydrogen-bond acceptors (Lipinski definition) is 4. The van der Waals surface area contributed by atoms with Crippen LogP contribution in [0.15, 0.2) is 30.3 Å². The van der Waals surface area contributed by atoms with E-state index in [1.54, 1.807) is 7.11 Å². The molecule has 0 spiro atoms. The molecule has 2 N–H and O–H groups in total. The molecule has 6 heteroatoms. The van der Waals surface area contributed by atoms with Gasteiger partial charge in [-0.25, -0.2) is 0 Å². The maximum Gasteiger partial charge on any atom is 0.237 e. The fraction of sp³-hybridized carbons (Fsp3) is 0.444. The zero-order chi connectivity index (χ0) is 17.4. The minimum atomic E-state index is -0.424. The van der Waals surface area contributed by atoms with Crippen molar-refractivity contribution < 1.29 is 14.3 Å². The Hall–Kier alpha value is -2.34. The quantitative estimate of drug-likeness (QED) is 0.783. The molecule has 2 amide bonds. The Morgan fingerprint density at radius 3 is 3.00 bits per heavy atom. The lowest BCUT2D eigenvalue weighted by molar-refractivity contribution is -0.133. The van der Waals surface area contributed by atoms with Crippen LogP contribution in [0.25, 0.3) is 6.08 Å². The summed E-state index contributed by atoms with van der Waals surface area (Å²) in [6, 6.07) is 7.34. The topological polar surface area (TPSA) is 70.7 Å². The molecule has 1 aromatic carbocycles. The monoisotopic (exact) mass is 331 g/mol. The summed E-state index contributed by atoms with van der Waals surface area (Å²) in [5, 5.41) is 5.58. The van der Waals surface area contributed by atoms with Gasteiger partial charge in [0.05, 0.1) is 19.6 Å². The van der Waals surface area contributed by atoms with E-state index < -0.39 is 6.04 Å². The summed E-state index contributed by atoms with van der Waals surface area (Å²) in [6.45, 7) is 4.38. The molecule has 0 unspecified atom stereocenters. The zero-order valence-corrected chi connectivity index (χ0v) is 14.2. The minimum absolute atomic E-state index is 0.0850. The van der Waals surface area contributed by atoms with Gasteiger partial charge < -0.3 is 15.4 Å². The molecule has 2 rings (SSSR count). The number of nitrogens with zero attached hydrogens (tertiary/aromatic N) is 1. The fourth-order valence-electron chi connectivity index (χ4n) is 2.77. The highest BCUT2D eigenvalue weighted by Gasteiger charge is 2.30. The molecule has 0 aromatic heterocycles. The van der Waals surface area contributed by atoms with Crippen LogP contribution in [0.3, 0.4) is 0 Å². The number of nitrogens with one attached hydrogen (secondary N) is 2. The number of carbonyl (C=O) groups excluding carboxylic acids is 2. The summed E-state index contributed by atoms with van der Waals surface area (Å²) in [5.74, 6) is 0.625. The SMILES string of the molecule is CCNC(=O)C[C@H]1C(=O)NCCN1C/C=C/c1ccccc1OC. The summed E-state index contributed by atoms with van der Waals surface area (Å²) in [4.78, 5) is 26.0. The van der Waals surface area contributed by atoms with E-state index in [0.29, 0.717) is 19.6 Å². The van der Waals surface area contributed by atoms with Crippen LogP contribution >= 0.6 is 0 Å². The van der Waals surface area contributed by atoms with E-state index in [2.05, 4.69) is 10.6 Å². The van der Waals surface area contributed by atoms with Crippen molar-refractivity contribution in [1.82, 2.24) is 15.5 Å². The lowest BCUT2D eigenvalue weighted by atomic mass is 10.1. The molecule has 6 nitrogen and oxygen atoms in total. The molecule has 24 heavy (non-hydrogen) atoms. The Morgan fingerprint density at radius 1 is 1.46 bits per heavy atom. The van der Waals surface area contributed by atoms with Gasteiger partial charge in [-0.2, -0.15) is 0 Å². The van der Waals surface area contributed by atoms with Crippen molar-refractivity contribution in [2.75, 3.05) is 33.3 Å². The average molecular weight is 331 g/mol. The van der Waals surface area contributed by atoms with Crippen molar-refractivity contribution >= 4 is 17.9 Å². The first-order chi connectivity index (χ1) is 11.7. The standard InChI is InChI=1S/C18H25N3O3/c1-3-19-17(22)13-15-18(23)20-10-12-21(15)11-6-8-14-7-4-5-9-16(14)24-2/h4-9,15H,3,10-13H2,1-2H3,(H,19,22)(H,20,23)/b8-6+/t15-/m0/s1. The van der Waals surface area contributed by atoms with Gasteiger partial charge in [-0.15, -0.1) is 0 Å². The molecule has 130 valence electrons. The minimum Gasteiger partial charge on any atom is -0.496 e. The van der Waals surface area contributed by atoms with E-state index in [0.717, 1.165) is 17.9 Å². The number of rotatable bonds is 7. The van der Waals surface area contributed by atoms with Crippen LogP contribution in [0.4, 0.5) is 0 Å². The summed E-state index contributed by atoms with van der Waals surface area (Å²) >= 11 is 0. The Balaban J connectivity index is 2.01. The lowest BCUT2D eigenvalue weighted by Gasteiger charge is -2.33. The third-order valence-corrected chi connectivity index (χ3v) is 3.97. The van der Waals surface area contributed by atoms with Gasteiger partial charge in [-0.05, 0) is 13.0 Å². The number of benzene rings is 1. The third-order valence-electron chi connectivity index (χ3n) is 3.97. The molecule has 1 aromatic rings. The number of carbonyl (C=O) groups is 2. The van der Waals surface area contributed by atoms with E-state index in [1.807, 2.05) is 48.2 Å². The third kappa shape index (κ3) is 4.83. The first kappa shape index (κ1) is 18.0. The van der Waals surface area contributed by atoms with Crippen LogP contribution < -0.4 is 15.4 Å². The van der Waals surface area contributed by atoms with Gasteiger partial charge in [0.1, 0.15) is 5.75 Å². The van der Waals surface area contributed by atoms with Crippen molar-refractivity contribution in [3.63, 3.8) is 0 Å². The van der Waals surface area contributed by atoms with Gasteiger partial charge in [-0.1, -0.05) is 30.4 Å². The van der Waals surface area contributed by atoms with E-state index in [-0.39, 0.29) is 18.2 Å². The normalized spacial score (nSPS) is 18.4. The van der Waals surface area contributed by atoms with Gasteiger partial charge in [0.15, 0.2) is 0 Å². The van der Waals surface area contributed by atoms with Crippen LogP contribution in [0.2, 0.25) is 0 Å². The Labute approximate surface area is 142 Å². The predicted molar refractivity (Wildman–Crippen MR) is 93.7 cm³/mol. The Bertz CT molecular complexity index is 601. The first-order valence-electron chi connectivity index (χ1n) is 8.23. The molecule has 0 radical (unpaired) electrons. The van der Waals surface area contributed by atoms with Crippen LogP contribution in [0.5, 0.6) is 5.75 Å². The summed E-state index contributed by atoms with van der Waals surface area (Å²) in [6.07, 6.45) is 4.16. The molecule has 1 heterocycles. The van der Waals surface area contributed by atoms with E-state index >= 15 is 0 Å². The van der Waals surface area contributed by atoms with Crippen LogP contribution in [-0.2, 0) is 9.59 Å². The molecule has 0 bridgehead atoms. The van der Waals surface area contributed by atoms with Crippen molar-refractivity contribution in [2.24, 2.45) is 0 Å². The van der Waals surface area contributed by atoms with E-state index in [4.69, 9.17) is 4.74 Å². The zero-order valence-electron chi connectivity index (χ0n) is 14.2. The molecular formula is C18H25N3O3. The lowest BCUT2D eigenvalue weighted by Crippen LogP contribution is -2.56. The van der Waals surface area contributed by atoms with Gasteiger partial charge in [0.2, 0.25) is 11.8 Å². The highest BCUT2D eigenvalue weighted by molar-refractivity contribution is 5.88. The number of amides is 2. The van der Waals surface area contributed by atoms with Gasteiger partial charge in [-0.3, -0.25) is 14.5 Å². The molecular weight excluding hydrogens is 306 g/mol. The maximum atomic E-state index is 12.1. The number of para-hydroxylation sites is 1. The highest BCUT2D eigenvalue weighted by atomic mass is 16.5. The van der Waals surface area contributed by atoms with Crippen molar-refractivity contribution in [3.8, 4) is 5.75 Å². The Kier molecular flexibility index (Phi) is 6.81. The number of piperazine rings is 1. The van der Waals surface area contributed by atoms with Crippen LogP contribution in [0, 0.1) is 0 Å². The molecule has 0 saturated carbocycles. The van der Waals surface area contributed by atoms with E-state index in [1.165, 1.54) is 0 Å². The first-order valence-corrected chi connectivity index (χ1v) is 8.23. The molecule has 0 aliphatic carbocycles. The van der Waals surface area contributed by atoms with Crippen molar-refractivity contribution in [3.05, 3.63) is 35.9 Å². The predicted octanol–water partition coefficient (Wildman–Crippen LogP) is 1.04. The van der Waals surface area contributed by atoms with Crippen molar-refractivity contribution in [2.45, 2.75) is 19.4 Å². The molecule has 1 fully saturated rings. The summed E-state index contributed by atoms with van der Waals surface area (Å²) < 4.78 is 5.32. The molecule has 1 saturated heterocycles.